The third-order valence-electron chi connectivity index (χ3n) is 3.18. The van der Waals surface area contributed by atoms with E-state index in [0.29, 0.717) is 18.7 Å². The van der Waals surface area contributed by atoms with Gasteiger partial charge in [-0.1, -0.05) is 0 Å². The normalized spacial score (nSPS) is 18.9. The zero-order valence-electron chi connectivity index (χ0n) is 10.3. The summed E-state index contributed by atoms with van der Waals surface area (Å²) in [4.78, 5) is 28.6. The molecule has 2 rings (SSSR count). The largest absolute Gasteiger partial charge is 0.481 e. The van der Waals surface area contributed by atoms with E-state index in [4.69, 9.17) is 5.11 Å². The second kappa shape index (κ2) is 5.16. The van der Waals surface area contributed by atoms with Gasteiger partial charge in [0.25, 0.3) is 5.91 Å². The number of hydrogen-bond donors (Lipinski definition) is 1. The highest BCUT2D eigenvalue weighted by Gasteiger charge is 2.28. The van der Waals surface area contributed by atoms with Crippen molar-refractivity contribution in [2.75, 3.05) is 13.1 Å². The van der Waals surface area contributed by atoms with E-state index in [0.717, 1.165) is 12.1 Å². The van der Waals surface area contributed by atoms with Crippen LogP contribution in [0.1, 0.15) is 28.9 Å². The first-order valence-electron chi connectivity index (χ1n) is 6.00. The van der Waals surface area contributed by atoms with E-state index in [9.17, 15) is 9.59 Å². The summed E-state index contributed by atoms with van der Waals surface area (Å²) >= 11 is 0. The van der Waals surface area contributed by atoms with Gasteiger partial charge in [0.15, 0.2) is 0 Å². The lowest BCUT2D eigenvalue weighted by Crippen LogP contribution is -2.29. The first-order valence-corrected chi connectivity index (χ1v) is 6.00. The van der Waals surface area contributed by atoms with Crippen LogP contribution in [0, 0.1) is 12.8 Å². The van der Waals surface area contributed by atoms with Crippen molar-refractivity contribution >= 4 is 11.9 Å². The van der Waals surface area contributed by atoms with E-state index in [1.807, 2.05) is 6.92 Å². The lowest BCUT2D eigenvalue weighted by atomic mass is 10.1. The molecule has 1 aromatic rings. The number of carbonyl (C=O) groups excluding carboxylic acids is 1. The molecule has 1 amide bonds. The Bertz CT molecular complexity index is 473. The number of rotatable bonds is 3. The van der Waals surface area contributed by atoms with Crippen molar-refractivity contribution in [1.29, 1.82) is 0 Å². The highest BCUT2D eigenvalue weighted by Crippen LogP contribution is 2.21. The van der Waals surface area contributed by atoms with E-state index >= 15 is 0 Å². The first-order chi connectivity index (χ1) is 8.56. The molecule has 0 saturated carbocycles. The number of carboxylic acids is 1. The lowest BCUT2D eigenvalue weighted by molar-refractivity contribution is -0.138. The van der Waals surface area contributed by atoms with E-state index in [1.165, 1.54) is 0 Å². The maximum absolute atomic E-state index is 12.2. The number of pyridine rings is 1. The molecule has 1 aliphatic heterocycles. The molecule has 0 radical (unpaired) electrons. The quantitative estimate of drug-likeness (QED) is 0.876. The summed E-state index contributed by atoms with van der Waals surface area (Å²) in [6, 6.07) is 3.45. The average molecular weight is 248 g/mol. The van der Waals surface area contributed by atoms with Crippen molar-refractivity contribution in [2.24, 2.45) is 5.92 Å². The van der Waals surface area contributed by atoms with Crippen LogP contribution < -0.4 is 0 Å². The molecular weight excluding hydrogens is 232 g/mol. The molecule has 0 bridgehead atoms. The Labute approximate surface area is 105 Å². The van der Waals surface area contributed by atoms with Gasteiger partial charge in [-0.25, -0.2) is 0 Å². The summed E-state index contributed by atoms with van der Waals surface area (Å²) in [6.45, 7) is 3.01. The van der Waals surface area contributed by atoms with Gasteiger partial charge in [-0.15, -0.1) is 0 Å². The van der Waals surface area contributed by atoms with Crippen LogP contribution >= 0.6 is 0 Å². The van der Waals surface area contributed by atoms with Gasteiger partial charge in [-0.05, 0) is 31.4 Å². The molecule has 2 heterocycles. The standard InChI is InChI=1S/C13H16N2O3/c1-9-6-11(2-4-14-9)13(18)15-5-3-10(8-15)7-12(16)17/h2,4,6,10H,3,5,7-8H2,1H3,(H,16,17). The minimum atomic E-state index is -0.797. The Morgan fingerprint density at radius 1 is 1.56 bits per heavy atom. The predicted molar refractivity (Wildman–Crippen MR) is 65.2 cm³/mol. The highest BCUT2D eigenvalue weighted by atomic mass is 16.4. The molecule has 0 aliphatic carbocycles. The SMILES string of the molecule is Cc1cc(C(=O)N2CCC(CC(=O)O)C2)ccn1. The molecule has 1 atom stereocenters. The fourth-order valence-electron chi connectivity index (χ4n) is 2.29. The number of amides is 1. The predicted octanol–water partition coefficient (Wildman–Crippen LogP) is 1.33. The first kappa shape index (κ1) is 12.5. The summed E-state index contributed by atoms with van der Waals surface area (Å²) in [5, 5.41) is 8.74. The minimum absolute atomic E-state index is 0.0339. The van der Waals surface area contributed by atoms with Crippen molar-refractivity contribution in [3.8, 4) is 0 Å². The van der Waals surface area contributed by atoms with Gasteiger partial charge in [0.1, 0.15) is 0 Å². The molecule has 0 aromatic carbocycles. The van der Waals surface area contributed by atoms with Crippen molar-refractivity contribution in [1.82, 2.24) is 9.88 Å². The van der Waals surface area contributed by atoms with Crippen LogP contribution in [-0.4, -0.2) is 40.0 Å². The van der Waals surface area contributed by atoms with E-state index in [1.54, 1.807) is 23.2 Å². The van der Waals surface area contributed by atoms with Crippen molar-refractivity contribution in [2.45, 2.75) is 19.8 Å². The van der Waals surface area contributed by atoms with Crippen molar-refractivity contribution < 1.29 is 14.7 Å². The Kier molecular flexibility index (Phi) is 3.60. The number of likely N-dealkylation sites (tertiary alicyclic amines) is 1. The molecule has 1 unspecified atom stereocenters. The Hall–Kier alpha value is -1.91. The number of hydrogen-bond acceptors (Lipinski definition) is 3. The van der Waals surface area contributed by atoms with Gasteiger partial charge in [-0.3, -0.25) is 14.6 Å². The maximum Gasteiger partial charge on any atom is 0.303 e. The fraction of sp³-hybridized carbons (Fsp3) is 0.462. The van der Waals surface area contributed by atoms with Crippen LogP contribution in [0.15, 0.2) is 18.3 Å². The van der Waals surface area contributed by atoms with Gasteiger partial charge in [0.05, 0.1) is 0 Å². The molecule has 1 N–H and O–H groups in total. The number of carboxylic acid groups (broad SMARTS) is 1. The van der Waals surface area contributed by atoms with Gasteiger partial charge in [0, 0.05) is 37.0 Å². The molecule has 1 aliphatic rings. The molecule has 0 spiro atoms. The van der Waals surface area contributed by atoms with Gasteiger partial charge in [0.2, 0.25) is 0 Å². The molecule has 18 heavy (non-hydrogen) atoms. The summed E-state index contributed by atoms with van der Waals surface area (Å²) in [5.41, 5.74) is 1.43. The average Bonchev–Trinajstić information content (AvgIpc) is 2.75. The molecule has 1 saturated heterocycles. The molecule has 5 nitrogen and oxygen atoms in total. The van der Waals surface area contributed by atoms with Gasteiger partial charge >= 0.3 is 5.97 Å². The number of aryl methyl sites for hydroxylation is 1. The second-order valence-electron chi connectivity index (χ2n) is 4.69. The second-order valence-corrected chi connectivity index (χ2v) is 4.69. The van der Waals surface area contributed by atoms with Crippen molar-refractivity contribution in [3.63, 3.8) is 0 Å². The molecule has 1 fully saturated rings. The Morgan fingerprint density at radius 2 is 2.33 bits per heavy atom. The van der Waals surface area contributed by atoms with E-state index in [-0.39, 0.29) is 18.2 Å². The van der Waals surface area contributed by atoms with E-state index in [2.05, 4.69) is 4.98 Å². The summed E-state index contributed by atoms with van der Waals surface area (Å²) < 4.78 is 0. The maximum atomic E-state index is 12.2. The smallest absolute Gasteiger partial charge is 0.303 e. The summed E-state index contributed by atoms with van der Waals surface area (Å²) in [5.74, 6) is -0.753. The zero-order valence-corrected chi connectivity index (χ0v) is 10.3. The monoisotopic (exact) mass is 248 g/mol. The highest BCUT2D eigenvalue weighted by molar-refractivity contribution is 5.94. The Balaban J connectivity index is 2.01. The topological polar surface area (TPSA) is 70.5 Å². The minimum Gasteiger partial charge on any atom is -0.481 e. The number of carbonyl (C=O) groups is 2. The third-order valence-corrected chi connectivity index (χ3v) is 3.18. The zero-order chi connectivity index (χ0) is 13.1. The van der Waals surface area contributed by atoms with E-state index < -0.39 is 5.97 Å². The fourth-order valence-corrected chi connectivity index (χ4v) is 2.29. The van der Waals surface area contributed by atoms with Crippen LogP contribution in [-0.2, 0) is 4.79 Å². The van der Waals surface area contributed by atoms with Crippen LogP contribution in [0.25, 0.3) is 0 Å². The molecule has 96 valence electrons. The molecule has 1 aromatic heterocycles. The number of nitrogens with zero attached hydrogens (tertiary/aromatic N) is 2. The van der Waals surface area contributed by atoms with Gasteiger partial charge in [-0.2, -0.15) is 0 Å². The summed E-state index contributed by atoms with van der Waals surface area (Å²) in [7, 11) is 0. The van der Waals surface area contributed by atoms with Crippen LogP contribution in [0.2, 0.25) is 0 Å². The number of aromatic nitrogens is 1. The Morgan fingerprint density at radius 3 is 3.00 bits per heavy atom. The summed E-state index contributed by atoms with van der Waals surface area (Å²) in [6.07, 6.45) is 2.52. The third kappa shape index (κ3) is 2.85. The number of aliphatic carboxylic acids is 1. The lowest BCUT2D eigenvalue weighted by Gasteiger charge is -2.16. The molecule has 5 heteroatoms. The van der Waals surface area contributed by atoms with Crippen molar-refractivity contribution in [3.05, 3.63) is 29.6 Å². The van der Waals surface area contributed by atoms with Gasteiger partial charge < -0.3 is 10.0 Å². The van der Waals surface area contributed by atoms with Crippen LogP contribution in [0.5, 0.6) is 0 Å². The molecular formula is C13H16N2O3. The van der Waals surface area contributed by atoms with Crippen LogP contribution in [0.4, 0.5) is 0 Å². The van der Waals surface area contributed by atoms with Crippen LogP contribution in [0.3, 0.4) is 0 Å².